The van der Waals surface area contributed by atoms with Gasteiger partial charge in [0.05, 0.1) is 10.6 Å². The minimum absolute atomic E-state index is 0.0391. The SMILES string of the molecule is Cc1cnc(Cl)c(NS(=O)(=O)c2ccccc2[N+](=O)[O-])c1. The molecular formula is C12H10ClN3O4S. The van der Waals surface area contributed by atoms with Crippen LogP contribution in [0.1, 0.15) is 5.56 Å². The van der Waals surface area contributed by atoms with Gasteiger partial charge in [0.1, 0.15) is 0 Å². The fraction of sp³-hybridized carbons (Fsp3) is 0.0833. The molecule has 0 aliphatic heterocycles. The maximum atomic E-state index is 12.3. The Hall–Kier alpha value is -2.19. The first-order valence-corrected chi connectivity index (χ1v) is 7.56. The van der Waals surface area contributed by atoms with Crippen molar-refractivity contribution in [2.75, 3.05) is 4.72 Å². The number of para-hydroxylation sites is 1. The minimum atomic E-state index is -4.14. The summed E-state index contributed by atoms with van der Waals surface area (Å²) < 4.78 is 26.8. The lowest BCUT2D eigenvalue weighted by Crippen LogP contribution is -2.15. The second kappa shape index (κ2) is 5.66. The van der Waals surface area contributed by atoms with Crippen molar-refractivity contribution in [2.45, 2.75) is 11.8 Å². The summed E-state index contributed by atoms with van der Waals surface area (Å²) >= 11 is 5.82. The van der Waals surface area contributed by atoms with Crippen LogP contribution in [-0.4, -0.2) is 18.3 Å². The molecule has 2 rings (SSSR count). The molecule has 0 atom stereocenters. The van der Waals surface area contributed by atoms with Crippen molar-refractivity contribution < 1.29 is 13.3 Å². The van der Waals surface area contributed by atoms with Crippen molar-refractivity contribution in [1.29, 1.82) is 0 Å². The van der Waals surface area contributed by atoms with Gasteiger partial charge < -0.3 is 0 Å². The Labute approximate surface area is 125 Å². The molecule has 0 unspecified atom stereocenters. The summed E-state index contributed by atoms with van der Waals surface area (Å²) in [6.45, 7) is 1.71. The molecule has 0 amide bonds. The molecule has 2 aromatic rings. The van der Waals surface area contributed by atoms with Gasteiger partial charge >= 0.3 is 0 Å². The molecule has 1 N–H and O–H groups in total. The fourth-order valence-corrected chi connectivity index (χ4v) is 3.10. The topological polar surface area (TPSA) is 102 Å². The molecule has 0 saturated carbocycles. The van der Waals surface area contributed by atoms with Crippen molar-refractivity contribution in [1.82, 2.24) is 4.98 Å². The zero-order valence-corrected chi connectivity index (χ0v) is 12.4. The molecule has 0 spiro atoms. The number of nitrogens with zero attached hydrogens (tertiary/aromatic N) is 2. The lowest BCUT2D eigenvalue weighted by atomic mass is 10.3. The number of hydrogen-bond acceptors (Lipinski definition) is 5. The molecule has 110 valence electrons. The van der Waals surface area contributed by atoms with E-state index in [1.165, 1.54) is 24.4 Å². The predicted molar refractivity (Wildman–Crippen MR) is 77.9 cm³/mol. The number of nitro benzene ring substituents is 1. The molecule has 7 nitrogen and oxygen atoms in total. The maximum absolute atomic E-state index is 12.3. The Morgan fingerprint density at radius 2 is 2.00 bits per heavy atom. The number of hydrogen-bond donors (Lipinski definition) is 1. The van der Waals surface area contributed by atoms with E-state index in [2.05, 4.69) is 9.71 Å². The highest BCUT2D eigenvalue weighted by Crippen LogP contribution is 2.27. The molecule has 0 fully saturated rings. The van der Waals surface area contributed by atoms with Crippen LogP contribution in [0, 0.1) is 17.0 Å². The van der Waals surface area contributed by atoms with E-state index in [4.69, 9.17) is 11.6 Å². The summed E-state index contributed by atoms with van der Waals surface area (Å²) in [5.41, 5.74) is 0.246. The first-order valence-electron chi connectivity index (χ1n) is 5.69. The van der Waals surface area contributed by atoms with E-state index >= 15 is 0 Å². The van der Waals surface area contributed by atoms with Gasteiger partial charge in [-0.15, -0.1) is 0 Å². The van der Waals surface area contributed by atoms with Crippen molar-refractivity contribution in [3.05, 3.63) is 57.4 Å². The first-order chi connectivity index (χ1) is 9.81. The number of halogens is 1. The molecular weight excluding hydrogens is 318 g/mol. The summed E-state index contributed by atoms with van der Waals surface area (Å²) in [4.78, 5) is 13.5. The highest BCUT2D eigenvalue weighted by atomic mass is 35.5. The number of anilines is 1. The zero-order valence-electron chi connectivity index (χ0n) is 10.8. The number of benzene rings is 1. The third-order valence-electron chi connectivity index (χ3n) is 2.57. The van der Waals surface area contributed by atoms with Crippen molar-refractivity contribution in [3.8, 4) is 0 Å². The fourth-order valence-electron chi connectivity index (χ4n) is 1.66. The van der Waals surface area contributed by atoms with Gasteiger partial charge in [0.2, 0.25) is 0 Å². The van der Waals surface area contributed by atoms with E-state index in [1.807, 2.05) is 0 Å². The quantitative estimate of drug-likeness (QED) is 0.528. The summed E-state index contributed by atoms with van der Waals surface area (Å²) in [5, 5.41) is 10.9. The number of pyridine rings is 1. The van der Waals surface area contributed by atoms with Crippen LogP contribution in [0.5, 0.6) is 0 Å². The third kappa shape index (κ3) is 3.29. The Morgan fingerprint density at radius 1 is 1.33 bits per heavy atom. The van der Waals surface area contributed by atoms with Gasteiger partial charge in [0, 0.05) is 12.3 Å². The number of aryl methyl sites for hydroxylation is 1. The molecule has 0 aliphatic rings. The minimum Gasteiger partial charge on any atom is -0.276 e. The molecule has 0 radical (unpaired) electrons. The summed E-state index contributed by atoms with van der Waals surface area (Å²) in [6, 6.07) is 6.54. The third-order valence-corrected chi connectivity index (χ3v) is 4.29. The van der Waals surface area contributed by atoms with E-state index in [0.29, 0.717) is 5.56 Å². The average molecular weight is 328 g/mol. The Kier molecular flexibility index (Phi) is 4.10. The average Bonchev–Trinajstić information content (AvgIpc) is 2.42. The number of nitrogens with one attached hydrogen (secondary N) is 1. The highest BCUT2D eigenvalue weighted by molar-refractivity contribution is 7.92. The van der Waals surface area contributed by atoms with E-state index in [1.54, 1.807) is 6.92 Å². The van der Waals surface area contributed by atoms with Crippen LogP contribution in [-0.2, 0) is 10.0 Å². The van der Waals surface area contributed by atoms with Gasteiger partial charge in [-0.25, -0.2) is 13.4 Å². The van der Waals surface area contributed by atoms with Crippen LogP contribution in [0.2, 0.25) is 5.15 Å². The number of rotatable bonds is 4. The van der Waals surface area contributed by atoms with E-state index in [-0.39, 0.29) is 10.8 Å². The number of sulfonamides is 1. The molecule has 9 heteroatoms. The lowest BCUT2D eigenvalue weighted by molar-refractivity contribution is -0.387. The summed E-state index contributed by atoms with van der Waals surface area (Å²) in [6.07, 6.45) is 1.48. The maximum Gasteiger partial charge on any atom is 0.289 e. The molecule has 0 saturated heterocycles. The van der Waals surface area contributed by atoms with Crippen molar-refractivity contribution in [3.63, 3.8) is 0 Å². The second-order valence-electron chi connectivity index (χ2n) is 4.18. The van der Waals surface area contributed by atoms with Crippen LogP contribution in [0.25, 0.3) is 0 Å². The molecule has 0 bridgehead atoms. The van der Waals surface area contributed by atoms with Gasteiger partial charge in [0.25, 0.3) is 15.7 Å². The molecule has 1 aromatic carbocycles. The number of nitro groups is 1. The van der Waals surface area contributed by atoms with Crippen molar-refractivity contribution >= 4 is 33.0 Å². The normalized spacial score (nSPS) is 11.1. The Balaban J connectivity index is 2.49. The summed E-state index contributed by atoms with van der Waals surface area (Å²) in [7, 11) is -4.14. The van der Waals surface area contributed by atoms with Crippen LogP contribution >= 0.6 is 11.6 Å². The van der Waals surface area contributed by atoms with Crippen molar-refractivity contribution in [2.24, 2.45) is 0 Å². The van der Waals surface area contributed by atoms with E-state index in [0.717, 1.165) is 12.1 Å². The molecule has 0 aliphatic carbocycles. The Morgan fingerprint density at radius 3 is 2.67 bits per heavy atom. The van der Waals surface area contributed by atoms with E-state index in [9.17, 15) is 18.5 Å². The second-order valence-corrected chi connectivity index (χ2v) is 6.19. The lowest BCUT2D eigenvalue weighted by Gasteiger charge is -2.09. The smallest absolute Gasteiger partial charge is 0.276 e. The largest absolute Gasteiger partial charge is 0.289 e. The van der Waals surface area contributed by atoms with Crippen LogP contribution in [0.3, 0.4) is 0 Å². The molecule has 1 aromatic heterocycles. The van der Waals surface area contributed by atoms with Crippen LogP contribution < -0.4 is 4.72 Å². The van der Waals surface area contributed by atoms with Gasteiger partial charge in [0.15, 0.2) is 10.0 Å². The van der Waals surface area contributed by atoms with E-state index < -0.39 is 25.5 Å². The zero-order chi connectivity index (χ0) is 15.6. The monoisotopic (exact) mass is 327 g/mol. The van der Waals surface area contributed by atoms with Gasteiger partial charge in [-0.3, -0.25) is 14.8 Å². The summed E-state index contributed by atoms with van der Waals surface area (Å²) in [5.74, 6) is 0. The van der Waals surface area contributed by atoms with Crippen LogP contribution in [0.15, 0.2) is 41.4 Å². The van der Waals surface area contributed by atoms with Gasteiger partial charge in [-0.2, -0.15) is 0 Å². The Bertz CT molecular complexity index is 808. The van der Waals surface area contributed by atoms with Crippen LogP contribution in [0.4, 0.5) is 11.4 Å². The highest BCUT2D eigenvalue weighted by Gasteiger charge is 2.25. The van der Waals surface area contributed by atoms with Gasteiger partial charge in [-0.1, -0.05) is 23.7 Å². The molecule has 21 heavy (non-hydrogen) atoms. The standard InChI is InChI=1S/C12H10ClN3O4S/c1-8-6-9(12(13)14-7-8)15-21(19,20)11-5-3-2-4-10(11)16(17)18/h2-7,15H,1H3. The number of aromatic nitrogens is 1. The predicted octanol–water partition coefficient (Wildman–Crippen LogP) is 2.75. The van der Waals surface area contributed by atoms with Gasteiger partial charge in [-0.05, 0) is 24.6 Å². The molecule has 1 heterocycles. The first kappa shape index (κ1) is 15.2.